The number of nitrogens with two attached hydrogens (primary N) is 1. The van der Waals surface area contributed by atoms with E-state index >= 15 is 0 Å². The molecule has 3 heteroatoms. The Morgan fingerprint density at radius 2 is 2.00 bits per heavy atom. The maximum absolute atomic E-state index is 5.70. The Kier molecular flexibility index (Phi) is 3.69. The van der Waals surface area contributed by atoms with Crippen molar-refractivity contribution in [1.82, 2.24) is 9.78 Å². The van der Waals surface area contributed by atoms with Gasteiger partial charge in [0.2, 0.25) is 0 Å². The number of hydrogen-bond acceptors (Lipinski definition) is 2. The van der Waals surface area contributed by atoms with Crippen LogP contribution in [-0.4, -0.2) is 15.8 Å². The van der Waals surface area contributed by atoms with Gasteiger partial charge >= 0.3 is 0 Å². The summed E-state index contributed by atoms with van der Waals surface area (Å²) in [4.78, 5) is 0. The topological polar surface area (TPSA) is 43.8 Å². The van der Waals surface area contributed by atoms with Crippen molar-refractivity contribution in [3.8, 4) is 0 Å². The van der Waals surface area contributed by atoms with Crippen LogP contribution in [0, 0.1) is 20.8 Å². The second-order valence-electron chi connectivity index (χ2n) is 4.14. The zero-order valence-electron chi connectivity index (χ0n) is 9.67. The normalized spacial score (nSPS) is 13.2. The average Bonchev–Trinajstić information content (AvgIpc) is 2.33. The number of rotatable bonds is 4. The lowest BCUT2D eigenvalue weighted by molar-refractivity contribution is 0.514. The fourth-order valence-electron chi connectivity index (χ4n) is 1.57. The van der Waals surface area contributed by atoms with Gasteiger partial charge in [0.1, 0.15) is 0 Å². The molecule has 3 nitrogen and oxygen atoms in total. The van der Waals surface area contributed by atoms with Gasteiger partial charge in [-0.2, -0.15) is 5.10 Å². The van der Waals surface area contributed by atoms with E-state index in [0.717, 1.165) is 25.1 Å². The minimum atomic E-state index is 0.299. The Balaban J connectivity index is 2.55. The van der Waals surface area contributed by atoms with Crippen LogP contribution in [0.25, 0.3) is 0 Å². The van der Waals surface area contributed by atoms with Crippen LogP contribution in [0.3, 0.4) is 0 Å². The summed E-state index contributed by atoms with van der Waals surface area (Å²) in [7, 11) is 0. The van der Waals surface area contributed by atoms with Gasteiger partial charge in [-0.15, -0.1) is 0 Å². The highest BCUT2D eigenvalue weighted by Gasteiger charge is 2.06. The summed E-state index contributed by atoms with van der Waals surface area (Å²) in [6, 6.07) is 0.299. The van der Waals surface area contributed by atoms with Crippen LogP contribution in [0.15, 0.2) is 0 Å². The van der Waals surface area contributed by atoms with Gasteiger partial charge in [0.25, 0.3) is 0 Å². The standard InChI is InChI=1S/C11H21N3/c1-8(12)6-5-7-14-11(4)9(2)10(3)13-14/h8H,5-7,12H2,1-4H3. The molecule has 0 bridgehead atoms. The van der Waals surface area contributed by atoms with Gasteiger partial charge in [0.05, 0.1) is 5.69 Å². The third kappa shape index (κ3) is 2.58. The molecule has 80 valence electrons. The number of aromatic nitrogens is 2. The highest BCUT2D eigenvalue weighted by molar-refractivity contribution is 5.21. The first-order valence-electron chi connectivity index (χ1n) is 5.28. The van der Waals surface area contributed by atoms with E-state index in [1.54, 1.807) is 0 Å². The summed E-state index contributed by atoms with van der Waals surface area (Å²) >= 11 is 0. The van der Waals surface area contributed by atoms with Crippen molar-refractivity contribution < 1.29 is 0 Å². The van der Waals surface area contributed by atoms with Gasteiger partial charge in [-0.1, -0.05) is 0 Å². The van der Waals surface area contributed by atoms with Crippen molar-refractivity contribution >= 4 is 0 Å². The molecule has 0 fully saturated rings. The molecule has 1 aromatic rings. The molecule has 14 heavy (non-hydrogen) atoms. The molecule has 0 radical (unpaired) electrons. The summed E-state index contributed by atoms with van der Waals surface area (Å²) in [5.41, 5.74) is 9.44. The molecular formula is C11H21N3. The third-order valence-electron chi connectivity index (χ3n) is 2.77. The number of nitrogens with zero attached hydrogens (tertiary/aromatic N) is 2. The van der Waals surface area contributed by atoms with Crippen LogP contribution in [0.1, 0.15) is 36.7 Å². The van der Waals surface area contributed by atoms with Crippen LogP contribution < -0.4 is 5.73 Å². The van der Waals surface area contributed by atoms with Crippen LogP contribution in [0.5, 0.6) is 0 Å². The number of aryl methyl sites for hydroxylation is 2. The maximum atomic E-state index is 5.70. The molecule has 1 aromatic heterocycles. The van der Waals surface area contributed by atoms with E-state index in [0.29, 0.717) is 6.04 Å². The Bertz CT molecular complexity index is 300. The van der Waals surface area contributed by atoms with Gasteiger partial charge < -0.3 is 5.73 Å². The van der Waals surface area contributed by atoms with E-state index in [1.165, 1.54) is 11.3 Å². The van der Waals surface area contributed by atoms with E-state index in [2.05, 4.69) is 30.6 Å². The number of hydrogen-bond donors (Lipinski definition) is 1. The van der Waals surface area contributed by atoms with Crippen molar-refractivity contribution in [1.29, 1.82) is 0 Å². The molecule has 0 saturated carbocycles. The van der Waals surface area contributed by atoms with E-state index in [4.69, 9.17) is 5.73 Å². The molecule has 0 spiro atoms. The molecular weight excluding hydrogens is 174 g/mol. The van der Waals surface area contributed by atoms with Gasteiger partial charge in [-0.3, -0.25) is 4.68 Å². The van der Waals surface area contributed by atoms with Crippen molar-refractivity contribution in [3.63, 3.8) is 0 Å². The van der Waals surface area contributed by atoms with Crippen LogP contribution >= 0.6 is 0 Å². The van der Waals surface area contributed by atoms with Crippen molar-refractivity contribution in [2.24, 2.45) is 5.73 Å². The van der Waals surface area contributed by atoms with Gasteiger partial charge in [-0.05, 0) is 46.1 Å². The molecule has 2 N–H and O–H groups in total. The molecule has 0 saturated heterocycles. The summed E-state index contributed by atoms with van der Waals surface area (Å²) < 4.78 is 2.09. The van der Waals surface area contributed by atoms with Crippen molar-refractivity contribution in [2.45, 2.75) is 53.1 Å². The summed E-state index contributed by atoms with van der Waals surface area (Å²) in [5.74, 6) is 0. The first-order chi connectivity index (χ1) is 6.52. The highest BCUT2D eigenvalue weighted by atomic mass is 15.3. The van der Waals surface area contributed by atoms with Crippen molar-refractivity contribution in [2.75, 3.05) is 0 Å². The van der Waals surface area contributed by atoms with Crippen LogP contribution in [0.4, 0.5) is 0 Å². The zero-order chi connectivity index (χ0) is 10.7. The predicted octanol–water partition coefficient (Wildman–Crippen LogP) is 1.94. The second kappa shape index (κ2) is 4.60. The highest BCUT2D eigenvalue weighted by Crippen LogP contribution is 2.11. The smallest absolute Gasteiger partial charge is 0.0625 e. The van der Waals surface area contributed by atoms with Gasteiger partial charge in [0.15, 0.2) is 0 Å². The lowest BCUT2D eigenvalue weighted by Crippen LogP contribution is -2.15. The van der Waals surface area contributed by atoms with Gasteiger partial charge in [0, 0.05) is 18.3 Å². The molecule has 1 heterocycles. The summed E-state index contributed by atoms with van der Waals surface area (Å²) in [6.45, 7) is 9.35. The fraction of sp³-hybridized carbons (Fsp3) is 0.727. The fourth-order valence-corrected chi connectivity index (χ4v) is 1.57. The molecule has 0 aromatic carbocycles. The predicted molar refractivity (Wildman–Crippen MR) is 59.3 cm³/mol. The van der Waals surface area contributed by atoms with Crippen molar-refractivity contribution in [3.05, 3.63) is 17.0 Å². The first-order valence-corrected chi connectivity index (χ1v) is 5.28. The minimum Gasteiger partial charge on any atom is -0.328 e. The summed E-state index contributed by atoms with van der Waals surface area (Å²) in [5, 5.41) is 4.48. The second-order valence-corrected chi connectivity index (χ2v) is 4.14. The van der Waals surface area contributed by atoms with E-state index in [-0.39, 0.29) is 0 Å². The van der Waals surface area contributed by atoms with E-state index in [9.17, 15) is 0 Å². The lowest BCUT2D eigenvalue weighted by atomic mass is 10.2. The maximum Gasteiger partial charge on any atom is 0.0625 e. The molecule has 1 unspecified atom stereocenters. The summed E-state index contributed by atoms with van der Waals surface area (Å²) in [6.07, 6.45) is 2.18. The largest absolute Gasteiger partial charge is 0.328 e. The molecule has 0 amide bonds. The monoisotopic (exact) mass is 195 g/mol. The molecule has 1 atom stereocenters. The Labute approximate surface area is 86.3 Å². The Hall–Kier alpha value is -0.830. The van der Waals surface area contributed by atoms with E-state index < -0.39 is 0 Å². The van der Waals surface area contributed by atoms with Crippen LogP contribution in [-0.2, 0) is 6.54 Å². The zero-order valence-corrected chi connectivity index (χ0v) is 9.67. The van der Waals surface area contributed by atoms with Crippen LogP contribution in [0.2, 0.25) is 0 Å². The molecule has 0 aliphatic heterocycles. The third-order valence-corrected chi connectivity index (χ3v) is 2.77. The minimum absolute atomic E-state index is 0.299. The lowest BCUT2D eigenvalue weighted by Gasteiger charge is -2.06. The molecule has 0 aliphatic rings. The van der Waals surface area contributed by atoms with E-state index in [1.807, 2.05) is 6.92 Å². The SMILES string of the molecule is Cc1nn(CCCC(C)N)c(C)c1C. The Morgan fingerprint density at radius 1 is 1.36 bits per heavy atom. The first kappa shape index (κ1) is 11.2. The average molecular weight is 195 g/mol. The van der Waals surface area contributed by atoms with Gasteiger partial charge in [-0.25, -0.2) is 0 Å². The molecule has 1 rings (SSSR count). The quantitative estimate of drug-likeness (QED) is 0.798. The Morgan fingerprint density at radius 3 is 2.43 bits per heavy atom. The molecule has 0 aliphatic carbocycles.